The predicted octanol–water partition coefficient (Wildman–Crippen LogP) is 4.83. The van der Waals surface area contributed by atoms with Crippen LogP contribution in [0.2, 0.25) is 0 Å². The molecule has 1 N–H and O–H groups in total. The average Bonchev–Trinajstić information content (AvgIpc) is 2.97. The smallest absolute Gasteiger partial charge is 0.338 e. The third-order valence-electron chi connectivity index (χ3n) is 5.61. The van der Waals surface area contributed by atoms with E-state index in [0.29, 0.717) is 41.5 Å². The Bertz CT molecular complexity index is 1140. The second kappa shape index (κ2) is 15.3. The zero-order valence-corrected chi connectivity index (χ0v) is 22.3. The van der Waals surface area contributed by atoms with Gasteiger partial charge in [0.05, 0.1) is 40.1 Å². The first-order chi connectivity index (χ1) is 18.6. The number of methoxy groups -OCH3 is 4. The molecule has 0 radical (unpaired) electrons. The lowest BCUT2D eigenvalue weighted by Crippen LogP contribution is -2.33. The molecule has 202 valence electrons. The SMILES string of the molecule is COC(=O)C(=Cc1cc(OC)cc(OC)c1)c1ccc(OCCCNCC(OC)Oc2ccccc2)cc1. The monoisotopic (exact) mass is 521 g/mol. The van der Waals surface area contributed by atoms with Gasteiger partial charge in [0, 0.05) is 13.2 Å². The van der Waals surface area contributed by atoms with E-state index >= 15 is 0 Å². The molecule has 0 fully saturated rings. The Morgan fingerprint density at radius 3 is 2.13 bits per heavy atom. The largest absolute Gasteiger partial charge is 0.497 e. The molecular formula is C30H35NO7. The molecule has 38 heavy (non-hydrogen) atoms. The van der Waals surface area contributed by atoms with Crippen LogP contribution in [-0.2, 0) is 14.3 Å². The maximum absolute atomic E-state index is 12.5. The van der Waals surface area contributed by atoms with Crippen molar-refractivity contribution < 1.29 is 33.2 Å². The highest BCUT2D eigenvalue weighted by atomic mass is 16.7. The maximum Gasteiger partial charge on any atom is 0.338 e. The molecule has 8 nitrogen and oxygen atoms in total. The van der Waals surface area contributed by atoms with Gasteiger partial charge in [-0.05, 0) is 66.6 Å². The summed E-state index contributed by atoms with van der Waals surface area (Å²) < 4.78 is 32.7. The number of rotatable bonds is 15. The van der Waals surface area contributed by atoms with E-state index in [0.717, 1.165) is 24.3 Å². The Hall–Kier alpha value is -4.01. The molecule has 0 aliphatic carbocycles. The Kier molecular flexibility index (Phi) is 11.5. The van der Waals surface area contributed by atoms with E-state index in [9.17, 15) is 4.79 Å². The molecule has 0 heterocycles. The van der Waals surface area contributed by atoms with Crippen LogP contribution in [0.5, 0.6) is 23.0 Å². The number of carbonyl (C=O) groups is 1. The number of carbonyl (C=O) groups excluding carboxylic acids is 1. The zero-order valence-electron chi connectivity index (χ0n) is 22.3. The predicted molar refractivity (Wildman–Crippen MR) is 147 cm³/mol. The Morgan fingerprint density at radius 2 is 1.53 bits per heavy atom. The first-order valence-corrected chi connectivity index (χ1v) is 12.3. The molecule has 0 aromatic heterocycles. The van der Waals surface area contributed by atoms with Crippen LogP contribution in [0.25, 0.3) is 11.6 Å². The van der Waals surface area contributed by atoms with Crippen LogP contribution in [-0.4, -0.2) is 60.4 Å². The van der Waals surface area contributed by atoms with E-state index in [-0.39, 0.29) is 6.29 Å². The summed E-state index contributed by atoms with van der Waals surface area (Å²) in [4.78, 5) is 12.5. The molecule has 8 heteroatoms. The van der Waals surface area contributed by atoms with Crippen LogP contribution < -0.4 is 24.3 Å². The molecule has 0 spiro atoms. The fourth-order valence-corrected chi connectivity index (χ4v) is 3.61. The third-order valence-corrected chi connectivity index (χ3v) is 5.61. The van der Waals surface area contributed by atoms with Gasteiger partial charge in [-0.15, -0.1) is 0 Å². The van der Waals surface area contributed by atoms with Crippen molar-refractivity contribution in [3.8, 4) is 23.0 Å². The van der Waals surface area contributed by atoms with Gasteiger partial charge in [-0.2, -0.15) is 0 Å². The third kappa shape index (κ3) is 8.83. The van der Waals surface area contributed by atoms with Gasteiger partial charge in [0.25, 0.3) is 0 Å². The van der Waals surface area contributed by atoms with Crippen LogP contribution >= 0.6 is 0 Å². The molecule has 0 amide bonds. The first kappa shape index (κ1) is 28.6. The molecule has 0 aliphatic rings. The summed E-state index contributed by atoms with van der Waals surface area (Å²) in [7, 11) is 6.14. The van der Waals surface area contributed by atoms with Crippen LogP contribution in [0.15, 0.2) is 72.8 Å². The first-order valence-electron chi connectivity index (χ1n) is 12.3. The van der Waals surface area contributed by atoms with Crippen molar-refractivity contribution in [1.82, 2.24) is 5.32 Å². The van der Waals surface area contributed by atoms with Gasteiger partial charge in [0.15, 0.2) is 0 Å². The summed E-state index contributed by atoms with van der Waals surface area (Å²) in [5.74, 6) is 2.28. The van der Waals surface area contributed by atoms with Gasteiger partial charge < -0.3 is 33.7 Å². The summed E-state index contributed by atoms with van der Waals surface area (Å²) in [6, 6.07) is 22.3. The van der Waals surface area contributed by atoms with Gasteiger partial charge in [-0.1, -0.05) is 30.3 Å². The minimum Gasteiger partial charge on any atom is -0.497 e. The van der Waals surface area contributed by atoms with Crippen LogP contribution in [0, 0.1) is 0 Å². The number of nitrogens with one attached hydrogen (secondary N) is 1. The Balaban J connectivity index is 1.52. The highest BCUT2D eigenvalue weighted by molar-refractivity contribution is 6.21. The summed E-state index contributed by atoms with van der Waals surface area (Å²) in [6.45, 7) is 1.84. The fourth-order valence-electron chi connectivity index (χ4n) is 3.61. The van der Waals surface area contributed by atoms with Gasteiger partial charge in [-0.25, -0.2) is 4.79 Å². The topological polar surface area (TPSA) is 84.5 Å². The van der Waals surface area contributed by atoms with E-state index in [1.807, 2.05) is 66.7 Å². The fraction of sp³-hybridized carbons (Fsp3) is 0.300. The normalized spacial score (nSPS) is 11.9. The summed E-state index contributed by atoms with van der Waals surface area (Å²) >= 11 is 0. The number of hydrogen-bond acceptors (Lipinski definition) is 8. The Labute approximate surface area is 224 Å². The number of benzene rings is 3. The maximum atomic E-state index is 12.5. The molecule has 0 saturated heterocycles. The lowest BCUT2D eigenvalue weighted by atomic mass is 10.0. The van der Waals surface area contributed by atoms with Crippen molar-refractivity contribution in [3.63, 3.8) is 0 Å². The van der Waals surface area contributed by atoms with Gasteiger partial charge >= 0.3 is 5.97 Å². The number of ether oxygens (including phenoxy) is 6. The van der Waals surface area contributed by atoms with Crippen LogP contribution in [0.1, 0.15) is 17.5 Å². The van der Waals surface area contributed by atoms with Crippen molar-refractivity contribution in [2.75, 3.05) is 48.1 Å². The quantitative estimate of drug-likeness (QED) is 0.100. The van der Waals surface area contributed by atoms with E-state index in [2.05, 4.69) is 5.32 Å². The molecule has 1 atom stereocenters. The van der Waals surface area contributed by atoms with Crippen molar-refractivity contribution >= 4 is 17.6 Å². The van der Waals surface area contributed by atoms with E-state index in [1.54, 1.807) is 33.5 Å². The Morgan fingerprint density at radius 1 is 0.842 bits per heavy atom. The highest BCUT2D eigenvalue weighted by Gasteiger charge is 2.14. The highest BCUT2D eigenvalue weighted by Crippen LogP contribution is 2.27. The second-order valence-electron chi connectivity index (χ2n) is 8.22. The molecular weight excluding hydrogens is 486 g/mol. The lowest BCUT2D eigenvalue weighted by molar-refractivity contribution is -0.133. The number of esters is 1. The average molecular weight is 522 g/mol. The number of hydrogen-bond donors (Lipinski definition) is 1. The van der Waals surface area contributed by atoms with Crippen molar-refractivity contribution in [3.05, 3.63) is 83.9 Å². The van der Waals surface area contributed by atoms with Gasteiger partial charge in [-0.3, -0.25) is 0 Å². The summed E-state index contributed by atoms with van der Waals surface area (Å²) in [5, 5.41) is 3.32. The summed E-state index contributed by atoms with van der Waals surface area (Å²) in [5.41, 5.74) is 1.86. The molecule has 1 unspecified atom stereocenters. The molecule has 0 saturated carbocycles. The van der Waals surface area contributed by atoms with Crippen molar-refractivity contribution in [2.45, 2.75) is 12.7 Å². The molecule has 3 rings (SSSR count). The van der Waals surface area contributed by atoms with Crippen molar-refractivity contribution in [2.24, 2.45) is 0 Å². The lowest BCUT2D eigenvalue weighted by Gasteiger charge is -2.18. The minimum atomic E-state index is -0.447. The zero-order chi connectivity index (χ0) is 27.2. The van der Waals surface area contributed by atoms with Crippen LogP contribution in [0.4, 0.5) is 0 Å². The molecule has 3 aromatic carbocycles. The van der Waals surface area contributed by atoms with Gasteiger partial charge in [0.2, 0.25) is 6.29 Å². The molecule has 3 aromatic rings. The van der Waals surface area contributed by atoms with Gasteiger partial charge in [0.1, 0.15) is 23.0 Å². The van der Waals surface area contributed by atoms with Crippen molar-refractivity contribution in [1.29, 1.82) is 0 Å². The molecule has 0 aliphatic heterocycles. The second-order valence-corrected chi connectivity index (χ2v) is 8.22. The van der Waals surface area contributed by atoms with E-state index in [1.165, 1.54) is 7.11 Å². The van der Waals surface area contributed by atoms with E-state index in [4.69, 9.17) is 28.4 Å². The number of para-hydroxylation sites is 1. The van der Waals surface area contributed by atoms with Crippen LogP contribution in [0.3, 0.4) is 0 Å². The minimum absolute atomic E-state index is 0.374. The standard InChI is InChI=1S/C30H35NO7/c1-33-26-17-22(18-27(20-26)34-2)19-28(30(32)36-4)23-11-13-24(14-12-23)37-16-8-15-31-21-29(35-3)38-25-9-6-5-7-10-25/h5-7,9-14,17-20,29,31H,8,15-16,21H2,1-4H3. The summed E-state index contributed by atoms with van der Waals surface area (Å²) in [6.07, 6.45) is 2.17. The van der Waals surface area contributed by atoms with E-state index < -0.39 is 5.97 Å². The molecule has 0 bridgehead atoms.